The lowest BCUT2D eigenvalue weighted by Gasteiger charge is -2.21. The molecule has 130 valence electrons. The van der Waals surface area contributed by atoms with Crippen LogP contribution < -0.4 is 5.32 Å². The molecule has 2 rings (SSSR count). The van der Waals surface area contributed by atoms with Gasteiger partial charge in [-0.3, -0.25) is 0 Å². The summed E-state index contributed by atoms with van der Waals surface area (Å²) in [6, 6.07) is 0. The summed E-state index contributed by atoms with van der Waals surface area (Å²) >= 11 is 1.73. The van der Waals surface area contributed by atoms with Crippen LogP contribution in [0.3, 0.4) is 0 Å². The highest BCUT2D eigenvalue weighted by Gasteiger charge is 2.24. The standard InChI is InChI=1S/C17H30N4OS/c1-6-18-16(21-8-7-13(10-21)11-22-5)19-9-14-12-23-15(20-14)17(2,3)4/h12-13H,6-11H2,1-5H3,(H,18,19). The molecule has 1 atom stereocenters. The van der Waals surface area contributed by atoms with Gasteiger partial charge in [0.05, 0.1) is 23.9 Å². The number of thiazole rings is 1. The maximum absolute atomic E-state index is 5.28. The molecule has 0 aromatic carbocycles. The third-order valence-electron chi connectivity index (χ3n) is 3.91. The molecule has 23 heavy (non-hydrogen) atoms. The van der Waals surface area contributed by atoms with Crippen molar-refractivity contribution in [1.82, 2.24) is 15.2 Å². The van der Waals surface area contributed by atoms with Crippen LogP contribution in [-0.2, 0) is 16.7 Å². The Balaban J connectivity index is 2.00. The Bertz CT molecular complexity index is 521. The minimum atomic E-state index is 0.111. The first-order valence-corrected chi connectivity index (χ1v) is 9.29. The lowest BCUT2D eigenvalue weighted by molar-refractivity contribution is 0.157. The fraction of sp³-hybridized carbons (Fsp3) is 0.765. The van der Waals surface area contributed by atoms with Crippen LogP contribution in [0.4, 0.5) is 0 Å². The van der Waals surface area contributed by atoms with Crippen molar-refractivity contribution in [2.24, 2.45) is 10.9 Å². The average molecular weight is 339 g/mol. The molecule has 1 saturated heterocycles. The number of guanidine groups is 1. The minimum Gasteiger partial charge on any atom is -0.384 e. The van der Waals surface area contributed by atoms with Gasteiger partial charge < -0.3 is 15.0 Å². The molecule has 6 heteroatoms. The SMILES string of the molecule is CCNC(=NCc1csc(C(C)(C)C)n1)N1CCC(COC)C1. The topological polar surface area (TPSA) is 49.8 Å². The summed E-state index contributed by atoms with van der Waals surface area (Å²) in [6.45, 7) is 13.1. The van der Waals surface area contributed by atoms with E-state index in [0.717, 1.165) is 37.9 Å². The zero-order valence-corrected chi connectivity index (χ0v) is 15.9. The van der Waals surface area contributed by atoms with Crippen LogP contribution in [0, 0.1) is 5.92 Å². The lowest BCUT2D eigenvalue weighted by Crippen LogP contribution is -2.40. The van der Waals surface area contributed by atoms with Crippen LogP contribution in [0.2, 0.25) is 0 Å². The van der Waals surface area contributed by atoms with E-state index < -0.39 is 0 Å². The molecule has 5 nitrogen and oxygen atoms in total. The summed E-state index contributed by atoms with van der Waals surface area (Å²) in [4.78, 5) is 11.9. The van der Waals surface area contributed by atoms with Gasteiger partial charge in [0.15, 0.2) is 5.96 Å². The van der Waals surface area contributed by atoms with Gasteiger partial charge in [0.2, 0.25) is 0 Å². The quantitative estimate of drug-likeness (QED) is 0.662. The van der Waals surface area contributed by atoms with E-state index in [0.29, 0.717) is 12.5 Å². The fourth-order valence-corrected chi connectivity index (χ4v) is 3.60. The predicted octanol–water partition coefficient (Wildman–Crippen LogP) is 2.87. The summed E-state index contributed by atoms with van der Waals surface area (Å²) in [5.74, 6) is 1.60. The van der Waals surface area contributed by atoms with Crippen molar-refractivity contribution < 1.29 is 4.74 Å². The number of ether oxygens (including phenoxy) is 1. The Kier molecular flexibility index (Phi) is 6.41. The Morgan fingerprint density at radius 1 is 1.52 bits per heavy atom. The molecule has 1 aromatic rings. The van der Waals surface area contributed by atoms with Gasteiger partial charge >= 0.3 is 0 Å². The van der Waals surface area contributed by atoms with E-state index in [1.807, 2.05) is 0 Å². The molecule has 1 aromatic heterocycles. The second-order valence-electron chi connectivity index (χ2n) is 7.12. The third kappa shape index (κ3) is 5.18. The highest BCUT2D eigenvalue weighted by atomic mass is 32.1. The Morgan fingerprint density at radius 3 is 2.91 bits per heavy atom. The van der Waals surface area contributed by atoms with Crippen LogP contribution in [0.5, 0.6) is 0 Å². The smallest absolute Gasteiger partial charge is 0.194 e. The molecule has 1 N–H and O–H groups in total. The number of methoxy groups -OCH3 is 1. The number of aromatic nitrogens is 1. The number of aliphatic imine (C=N–C) groups is 1. The van der Waals surface area contributed by atoms with E-state index in [9.17, 15) is 0 Å². The fourth-order valence-electron chi connectivity index (χ4n) is 2.70. The molecule has 0 bridgehead atoms. The van der Waals surface area contributed by atoms with Gasteiger partial charge in [0, 0.05) is 43.5 Å². The summed E-state index contributed by atoms with van der Waals surface area (Å²) in [5, 5.41) is 6.71. The largest absolute Gasteiger partial charge is 0.384 e. The molecule has 1 fully saturated rings. The number of rotatable bonds is 5. The summed E-state index contributed by atoms with van der Waals surface area (Å²) < 4.78 is 5.28. The molecular formula is C17H30N4OS. The van der Waals surface area contributed by atoms with Gasteiger partial charge in [-0.1, -0.05) is 20.8 Å². The van der Waals surface area contributed by atoms with Gasteiger partial charge in [0.1, 0.15) is 0 Å². The van der Waals surface area contributed by atoms with Gasteiger partial charge in [0.25, 0.3) is 0 Å². The van der Waals surface area contributed by atoms with Crippen LogP contribution >= 0.6 is 11.3 Å². The molecule has 1 aliphatic heterocycles. The summed E-state index contributed by atoms with van der Waals surface area (Å²) in [5.41, 5.74) is 1.17. The molecule has 1 aliphatic rings. The summed E-state index contributed by atoms with van der Waals surface area (Å²) in [6.07, 6.45) is 1.17. The molecule has 1 unspecified atom stereocenters. The van der Waals surface area contributed by atoms with Crippen molar-refractivity contribution >= 4 is 17.3 Å². The Morgan fingerprint density at radius 2 is 2.30 bits per heavy atom. The first-order valence-electron chi connectivity index (χ1n) is 8.41. The minimum absolute atomic E-state index is 0.111. The molecule has 0 radical (unpaired) electrons. The van der Waals surface area contributed by atoms with Crippen LogP contribution in [0.25, 0.3) is 0 Å². The monoisotopic (exact) mass is 338 g/mol. The zero-order valence-electron chi connectivity index (χ0n) is 15.1. The van der Waals surface area contributed by atoms with Gasteiger partial charge in [-0.05, 0) is 13.3 Å². The third-order valence-corrected chi connectivity index (χ3v) is 5.22. The molecule has 0 aliphatic carbocycles. The average Bonchev–Trinajstić information content (AvgIpc) is 3.12. The normalized spacial score (nSPS) is 19.4. The Hall–Kier alpha value is -1.14. The van der Waals surface area contributed by atoms with E-state index in [1.54, 1.807) is 18.4 Å². The highest BCUT2D eigenvalue weighted by molar-refractivity contribution is 7.09. The summed E-state index contributed by atoms with van der Waals surface area (Å²) in [7, 11) is 1.77. The zero-order chi connectivity index (χ0) is 16.9. The van der Waals surface area contributed by atoms with E-state index in [2.05, 4.69) is 43.3 Å². The van der Waals surface area contributed by atoms with Crippen LogP contribution in [-0.4, -0.2) is 49.2 Å². The van der Waals surface area contributed by atoms with E-state index >= 15 is 0 Å². The molecule has 0 saturated carbocycles. The number of likely N-dealkylation sites (tertiary alicyclic amines) is 1. The van der Waals surface area contributed by atoms with Crippen LogP contribution in [0.15, 0.2) is 10.4 Å². The maximum Gasteiger partial charge on any atom is 0.194 e. The maximum atomic E-state index is 5.28. The van der Waals surface area contributed by atoms with Crippen molar-refractivity contribution in [3.8, 4) is 0 Å². The first kappa shape index (κ1) is 18.2. The highest BCUT2D eigenvalue weighted by Crippen LogP contribution is 2.25. The van der Waals surface area contributed by atoms with E-state index in [1.165, 1.54) is 11.4 Å². The first-order chi connectivity index (χ1) is 10.9. The molecule has 2 heterocycles. The molecule has 0 amide bonds. The predicted molar refractivity (Wildman–Crippen MR) is 97.2 cm³/mol. The van der Waals surface area contributed by atoms with Gasteiger partial charge in [-0.25, -0.2) is 9.98 Å². The number of hydrogen-bond acceptors (Lipinski definition) is 4. The van der Waals surface area contributed by atoms with E-state index in [4.69, 9.17) is 14.7 Å². The second kappa shape index (κ2) is 8.11. The van der Waals surface area contributed by atoms with Gasteiger partial charge in [-0.2, -0.15) is 0 Å². The van der Waals surface area contributed by atoms with Crippen molar-refractivity contribution in [2.75, 3.05) is 33.4 Å². The second-order valence-corrected chi connectivity index (χ2v) is 7.98. The van der Waals surface area contributed by atoms with Crippen molar-refractivity contribution in [3.05, 3.63) is 16.1 Å². The van der Waals surface area contributed by atoms with E-state index in [-0.39, 0.29) is 5.41 Å². The van der Waals surface area contributed by atoms with Crippen molar-refractivity contribution in [3.63, 3.8) is 0 Å². The van der Waals surface area contributed by atoms with Crippen LogP contribution in [0.1, 0.15) is 44.8 Å². The molecular weight excluding hydrogens is 308 g/mol. The number of nitrogens with one attached hydrogen (secondary N) is 1. The van der Waals surface area contributed by atoms with Gasteiger partial charge in [-0.15, -0.1) is 11.3 Å². The number of hydrogen-bond donors (Lipinski definition) is 1. The van der Waals surface area contributed by atoms with Crippen molar-refractivity contribution in [2.45, 2.75) is 46.1 Å². The molecule has 0 spiro atoms. The lowest BCUT2D eigenvalue weighted by atomic mass is 9.98. The Labute approximate surface area is 144 Å². The van der Waals surface area contributed by atoms with Crippen molar-refractivity contribution in [1.29, 1.82) is 0 Å². The number of nitrogens with zero attached hydrogens (tertiary/aromatic N) is 3.